The summed E-state index contributed by atoms with van der Waals surface area (Å²) in [7, 11) is 1.65. The fourth-order valence-electron chi connectivity index (χ4n) is 0.626. The van der Waals surface area contributed by atoms with E-state index < -0.39 is 0 Å². The average Bonchev–Trinajstić information content (AvgIpc) is 1.90. The van der Waals surface area contributed by atoms with E-state index in [9.17, 15) is 0 Å². The van der Waals surface area contributed by atoms with Gasteiger partial charge in [0.05, 0.1) is 12.9 Å². The summed E-state index contributed by atoms with van der Waals surface area (Å²) in [4.78, 5) is 0. The Morgan fingerprint density at radius 1 is 1.17 bits per heavy atom. The van der Waals surface area contributed by atoms with Gasteiger partial charge in [0.15, 0.2) is 0 Å². The molecule has 0 heterocycles. The summed E-state index contributed by atoms with van der Waals surface area (Å²) in [6, 6.07) is 7.61. The Morgan fingerprint density at radius 2 is 1.58 bits per heavy atom. The van der Waals surface area contributed by atoms with Crippen molar-refractivity contribution in [1.29, 1.82) is 0 Å². The maximum Gasteiger partial charge on any atom is 2.00 e. The van der Waals surface area contributed by atoms with Gasteiger partial charge in [-0.15, -0.1) is 0 Å². The third kappa shape index (κ3) is 5.54. The first-order valence-corrected chi connectivity index (χ1v) is 2.79. The molecule has 0 unspecified atom stereocenters. The number of ether oxygens (including phenoxy) is 1. The molecule has 2 N–H and O–H groups in total. The van der Waals surface area contributed by atoms with E-state index in [0.29, 0.717) is 0 Å². The van der Waals surface area contributed by atoms with E-state index >= 15 is 0 Å². The van der Waals surface area contributed by atoms with Gasteiger partial charge in [-0.2, -0.15) is 24.6 Å². The molecule has 0 radical (unpaired) electrons. The fraction of sp³-hybridized carbons (Fsp3) is 0.125. The predicted molar refractivity (Wildman–Crippen MR) is 46.8 cm³/mol. The van der Waals surface area contributed by atoms with Crippen molar-refractivity contribution in [2.75, 3.05) is 7.11 Å². The van der Waals surface area contributed by atoms with E-state index in [1.807, 2.05) is 24.3 Å². The van der Waals surface area contributed by atoms with Gasteiger partial charge in [0.1, 0.15) is 0 Å². The molecule has 4 heteroatoms. The molecule has 0 bridgehead atoms. The molecule has 0 aliphatic carbocycles. The molecule has 1 aromatic rings. The third-order valence-electron chi connectivity index (χ3n) is 1.16. The molecule has 0 amide bonds. The van der Waals surface area contributed by atoms with Crippen LogP contribution in [0.2, 0.25) is 0 Å². The van der Waals surface area contributed by atoms with E-state index in [2.05, 4.69) is 6.92 Å². The van der Waals surface area contributed by atoms with Crippen LogP contribution in [0.3, 0.4) is 0 Å². The zero-order valence-electron chi connectivity index (χ0n) is 7.01. The monoisotopic (exact) mass is 198 g/mol. The first kappa shape index (κ1) is 17.9. The minimum absolute atomic E-state index is 0. The Labute approximate surface area is 95.2 Å². The summed E-state index contributed by atoms with van der Waals surface area (Å²) in [6.45, 7) is 3.74. The fourth-order valence-corrected chi connectivity index (χ4v) is 0.626. The van der Waals surface area contributed by atoms with E-state index in [1.165, 1.54) is 0 Å². The van der Waals surface area contributed by atoms with Crippen LogP contribution in [0.15, 0.2) is 24.3 Å². The Balaban J connectivity index is -0.000000270. The van der Waals surface area contributed by atoms with Crippen molar-refractivity contribution >= 4 is 23.1 Å². The normalized spacial score (nSPS) is 6.75. The van der Waals surface area contributed by atoms with Crippen LogP contribution in [0, 0.1) is 6.92 Å². The van der Waals surface area contributed by atoms with Crippen molar-refractivity contribution < 1.29 is 22.6 Å². The molecule has 0 aromatic heterocycles. The first-order valence-electron chi connectivity index (χ1n) is 2.79. The summed E-state index contributed by atoms with van der Waals surface area (Å²) in [5.74, 6) is 0.877. The first-order chi connectivity index (χ1) is 4.33. The number of benzene rings is 1. The number of methoxy groups -OCH3 is 1. The molecule has 64 valence electrons. The maximum absolute atomic E-state index is 4.94. The van der Waals surface area contributed by atoms with Crippen molar-refractivity contribution in [3.05, 3.63) is 36.8 Å². The molecule has 1 rings (SSSR count). The predicted octanol–water partition coefficient (Wildman–Crippen LogP) is -2.32. The Bertz CT molecular complexity index is 189. The molecule has 2 nitrogen and oxygen atoms in total. The molecular formula is C8H11ClMgO2. The Morgan fingerprint density at radius 3 is 1.92 bits per heavy atom. The van der Waals surface area contributed by atoms with Crippen LogP contribution < -0.4 is 17.1 Å². The van der Waals surface area contributed by atoms with Crippen molar-refractivity contribution in [3.63, 3.8) is 0 Å². The zero-order valence-corrected chi connectivity index (χ0v) is 9.18. The molecule has 0 spiro atoms. The minimum Gasteiger partial charge on any atom is -1.00 e. The van der Waals surface area contributed by atoms with E-state index in [0.717, 1.165) is 11.3 Å². The van der Waals surface area contributed by atoms with Crippen LogP contribution in [-0.4, -0.2) is 35.6 Å². The number of hydrogen-bond donors (Lipinski definition) is 0. The molecule has 0 aliphatic rings. The molecule has 0 fully saturated rings. The van der Waals surface area contributed by atoms with Gasteiger partial charge < -0.3 is 22.6 Å². The molecule has 0 saturated carbocycles. The Kier molecular flexibility index (Phi) is 13.4. The van der Waals surface area contributed by atoms with Gasteiger partial charge in [0.2, 0.25) is 0 Å². The van der Waals surface area contributed by atoms with Gasteiger partial charge in [-0.3, -0.25) is 0 Å². The van der Waals surface area contributed by atoms with Crippen LogP contribution >= 0.6 is 0 Å². The van der Waals surface area contributed by atoms with Crippen LogP contribution in [0.4, 0.5) is 0 Å². The SMILES string of the molecule is O.[CH2-]c1ccc(OC)cc1.[Cl-].[Mg+2]. The average molecular weight is 199 g/mol. The van der Waals surface area contributed by atoms with E-state index in [-0.39, 0.29) is 40.9 Å². The summed E-state index contributed by atoms with van der Waals surface area (Å²) >= 11 is 0. The van der Waals surface area contributed by atoms with Crippen LogP contribution in [0.5, 0.6) is 5.75 Å². The van der Waals surface area contributed by atoms with Crippen LogP contribution in [0.25, 0.3) is 0 Å². The topological polar surface area (TPSA) is 40.7 Å². The third-order valence-corrected chi connectivity index (χ3v) is 1.16. The van der Waals surface area contributed by atoms with E-state index in [1.54, 1.807) is 7.11 Å². The van der Waals surface area contributed by atoms with Gasteiger partial charge in [-0.1, -0.05) is 12.1 Å². The molecular weight excluding hydrogens is 188 g/mol. The maximum atomic E-state index is 4.94. The molecule has 0 aliphatic heterocycles. The largest absolute Gasteiger partial charge is 2.00 e. The zero-order chi connectivity index (χ0) is 6.69. The number of hydrogen-bond acceptors (Lipinski definition) is 1. The molecule has 1 aromatic carbocycles. The number of halogens is 1. The van der Waals surface area contributed by atoms with Crippen molar-refractivity contribution in [2.24, 2.45) is 0 Å². The second-order valence-corrected chi connectivity index (χ2v) is 1.85. The van der Waals surface area contributed by atoms with Crippen LogP contribution in [-0.2, 0) is 0 Å². The summed E-state index contributed by atoms with van der Waals surface area (Å²) in [5.41, 5.74) is 1.01. The Hall–Kier alpha value is -0.0938. The summed E-state index contributed by atoms with van der Waals surface area (Å²) < 4.78 is 4.94. The number of rotatable bonds is 1. The van der Waals surface area contributed by atoms with Crippen molar-refractivity contribution in [3.8, 4) is 5.75 Å². The van der Waals surface area contributed by atoms with Gasteiger partial charge >= 0.3 is 23.1 Å². The standard InChI is InChI=1S/C8H9O.ClH.Mg.H2O/c1-7-3-5-8(9-2)6-4-7;;;/h3-6H,1H2,2H3;1H;;1H2/q-1;;+2;/p-1. The quantitative estimate of drug-likeness (QED) is 0.369. The molecule has 0 saturated heterocycles. The molecule has 0 atom stereocenters. The van der Waals surface area contributed by atoms with Crippen LogP contribution in [0.1, 0.15) is 5.56 Å². The second-order valence-electron chi connectivity index (χ2n) is 1.85. The van der Waals surface area contributed by atoms with Gasteiger partial charge in [-0.05, 0) is 0 Å². The molecule has 12 heavy (non-hydrogen) atoms. The van der Waals surface area contributed by atoms with E-state index in [4.69, 9.17) is 4.74 Å². The minimum atomic E-state index is 0. The van der Waals surface area contributed by atoms with Gasteiger partial charge in [0.25, 0.3) is 0 Å². The van der Waals surface area contributed by atoms with Gasteiger partial charge in [-0.25, -0.2) is 0 Å². The summed E-state index contributed by atoms with van der Waals surface area (Å²) in [6.07, 6.45) is 0. The summed E-state index contributed by atoms with van der Waals surface area (Å²) in [5, 5.41) is 0. The second kappa shape index (κ2) is 9.00. The van der Waals surface area contributed by atoms with Gasteiger partial charge in [0, 0.05) is 0 Å². The smallest absolute Gasteiger partial charge is 1.00 e. The van der Waals surface area contributed by atoms with Crippen molar-refractivity contribution in [1.82, 2.24) is 0 Å². The van der Waals surface area contributed by atoms with Crippen molar-refractivity contribution in [2.45, 2.75) is 0 Å².